The summed E-state index contributed by atoms with van der Waals surface area (Å²) in [5, 5.41) is 4.15. The highest BCUT2D eigenvalue weighted by Gasteiger charge is 2.63. The predicted molar refractivity (Wildman–Crippen MR) is 98.8 cm³/mol. The van der Waals surface area contributed by atoms with Gasteiger partial charge in [-0.1, -0.05) is 41.9 Å². The van der Waals surface area contributed by atoms with Gasteiger partial charge in [0.05, 0.1) is 13.0 Å². The van der Waals surface area contributed by atoms with Gasteiger partial charge in [-0.05, 0) is 36.8 Å². The van der Waals surface area contributed by atoms with E-state index < -0.39 is 23.7 Å². The molecule has 150 valence electrons. The third-order valence-electron chi connectivity index (χ3n) is 3.72. The van der Waals surface area contributed by atoms with E-state index in [4.69, 9.17) is 11.6 Å². The molecule has 0 aliphatic heterocycles. The molecule has 0 aromatic heterocycles. The Bertz CT molecular complexity index is 813. The lowest BCUT2D eigenvalue weighted by Gasteiger charge is -2.35. The second-order valence-electron chi connectivity index (χ2n) is 5.81. The van der Waals surface area contributed by atoms with Crippen LogP contribution in [-0.4, -0.2) is 30.3 Å². The fourth-order valence-electron chi connectivity index (χ4n) is 2.41. The highest BCUT2D eigenvalue weighted by molar-refractivity contribution is 6.30. The third kappa shape index (κ3) is 5.16. The Morgan fingerprint density at radius 1 is 1.04 bits per heavy atom. The molecule has 0 saturated heterocycles. The number of ether oxygens (including phenoxy) is 1. The molecule has 9 heteroatoms. The SMILES string of the molecule is CCOC(=O)[C@](NC(=O)Cc1ccccc1)(Nc1ccc(Cl)cc1)C(F)(F)F. The molecular weight excluding hydrogens is 397 g/mol. The summed E-state index contributed by atoms with van der Waals surface area (Å²) in [4.78, 5) is 24.7. The molecule has 1 atom stereocenters. The Balaban J connectivity index is 2.38. The standard InChI is InChI=1S/C19H18ClF3N2O3/c1-2-28-17(27)18(19(21,22)23,24-15-10-8-14(20)9-11-15)25-16(26)12-13-6-4-3-5-7-13/h3-11,24H,2,12H2,1H3,(H,25,26)/t18-/m1/s1. The van der Waals surface area contributed by atoms with Crippen molar-refractivity contribution in [2.75, 3.05) is 11.9 Å². The van der Waals surface area contributed by atoms with Crippen LogP contribution in [0.1, 0.15) is 12.5 Å². The van der Waals surface area contributed by atoms with Crippen molar-refractivity contribution in [1.29, 1.82) is 0 Å². The summed E-state index contributed by atoms with van der Waals surface area (Å²) < 4.78 is 46.6. The summed E-state index contributed by atoms with van der Waals surface area (Å²) in [5.41, 5.74) is -3.04. The molecule has 0 spiro atoms. The Morgan fingerprint density at radius 2 is 1.64 bits per heavy atom. The first kappa shape index (κ1) is 21.6. The van der Waals surface area contributed by atoms with Gasteiger partial charge in [0.1, 0.15) is 0 Å². The summed E-state index contributed by atoms with van der Waals surface area (Å²) in [7, 11) is 0. The van der Waals surface area contributed by atoms with Gasteiger partial charge in [-0.2, -0.15) is 13.2 Å². The van der Waals surface area contributed by atoms with E-state index in [9.17, 15) is 22.8 Å². The van der Waals surface area contributed by atoms with Gasteiger partial charge < -0.3 is 15.4 Å². The first-order valence-corrected chi connectivity index (χ1v) is 8.68. The van der Waals surface area contributed by atoms with Crippen LogP contribution in [0, 0.1) is 0 Å². The van der Waals surface area contributed by atoms with Crippen molar-refractivity contribution in [2.45, 2.75) is 25.2 Å². The minimum absolute atomic E-state index is 0.0743. The molecule has 2 N–H and O–H groups in total. The van der Waals surface area contributed by atoms with E-state index >= 15 is 0 Å². The van der Waals surface area contributed by atoms with Crippen molar-refractivity contribution in [2.24, 2.45) is 0 Å². The fourth-order valence-corrected chi connectivity index (χ4v) is 2.54. The molecule has 2 rings (SSSR count). The molecule has 28 heavy (non-hydrogen) atoms. The zero-order valence-corrected chi connectivity index (χ0v) is 15.6. The largest absolute Gasteiger partial charge is 0.463 e. The topological polar surface area (TPSA) is 67.4 Å². The second kappa shape index (κ2) is 8.97. The normalized spacial score (nSPS) is 13.3. The number of halogens is 4. The summed E-state index contributed by atoms with van der Waals surface area (Å²) in [5.74, 6) is -2.67. The zero-order chi connectivity index (χ0) is 20.8. The average Bonchev–Trinajstić information content (AvgIpc) is 2.63. The maximum absolute atomic E-state index is 14.0. The number of anilines is 1. The van der Waals surface area contributed by atoms with E-state index in [2.05, 4.69) is 10.1 Å². The Labute approximate surface area is 164 Å². The number of amides is 1. The van der Waals surface area contributed by atoms with E-state index in [1.807, 2.05) is 0 Å². The van der Waals surface area contributed by atoms with Gasteiger partial charge in [0.15, 0.2) is 0 Å². The zero-order valence-electron chi connectivity index (χ0n) is 14.8. The maximum atomic E-state index is 14.0. The van der Waals surface area contributed by atoms with Gasteiger partial charge >= 0.3 is 17.8 Å². The third-order valence-corrected chi connectivity index (χ3v) is 3.97. The minimum atomic E-state index is -5.19. The van der Waals surface area contributed by atoms with Crippen LogP contribution in [0.2, 0.25) is 5.02 Å². The van der Waals surface area contributed by atoms with E-state index in [0.29, 0.717) is 10.6 Å². The molecule has 2 aromatic carbocycles. The molecular formula is C19H18ClF3N2O3. The minimum Gasteiger partial charge on any atom is -0.463 e. The number of rotatable bonds is 7. The molecule has 0 saturated carbocycles. The highest BCUT2D eigenvalue weighted by Crippen LogP contribution is 2.33. The second-order valence-corrected chi connectivity index (χ2v) is 6.25. The molecule has 0 aliphatic rings. The van der Waals surface area contributed by atoms with Gasteiger partial charge in [0.25, 0.3) is 0 Å². The monoisotopic (exact) mass is 414 g/mol. The quantitative estimate of drug-likeness (QED) is 0.532. The molecule has 0 fully saturated rings. The maximum Gasteiger partial charge on any atom is 0.441 e. The summed E-state index contributed by atoms with van der Waals surface area (Å²) in [6.45, 7) is 1.07. The number of hydrogen-bond acceptors (Lipinski definition) is 4. The van der Waals surface area contributed by atoms with Crippen molar-refractivity contribution in [1.82, 2.24) is 5.32 Å². The fraction of sp³-hybridized carbons (Fsp3) is 0.263. The number of carbonyl (C=O) groups excluding carboxylic acids is 2. The molecule has 0 unspecified atom stereocenters. The summed E-state index contributed by atoms with van der Waals surface area (Å²) in [6, 6.07) is 13.4. The van der Waals surface area contributed by atoms with E-state index in [1.54, 1.807) is 35.6 Å². The lowest BCUT2D eigenvalue weighted by Crippen LogP contribution is -2.69. The first-order chi connectivity index (χ1) is 13.2. The van der Waals surface area contributed by atoms with Crippen molar-refractivity contribution >= 4 is 29.2 Å². The molecule has 1 amide bonds. The van der Waals surface area contributed by atoms with Gasteiger partial charge in [-0.15, -0.1) is 0 Å². The number of nitrogens with one attached hydrogen (secondary N) is 2. The van der Waals surface area contributed by atoms with Crippen molar-refractivity contribution in [3.8, 4) is 0 Å². The molecule has 0 aliphatic carbocycles. The predicted octanol–water partition coefficient (Wildman–Crippen LogP) is 3.93. The lowest BCUT2D eigenvalue weighted by molar-refractivity contribution is -0.207. The van der Waals surface area contributed by atoms with E-state index in [0.717, 1.165) is 0 Å². The van der Waals surface area contributed by atoms with Crippen LogP contribution < -0.4 is 10.6 Å². The highest BCUT2D eigenvalue weighted by atomic mass is 35.5. The van der Waals surface area contributed by atoms with Gasteiger partial charge in [-0.25, -0.2) is 4.79 Å². The summed E-state index contributed by atoms with van der Waals surface area (Å²) >= 11 is 5.75. The van der Waals surface area contributed by atoms with E-state index in [1.165, 1.54) is 31.2 Å². The van der Waals surface area contributed by atoms with E-state index in [-0.39, 0.29) is 18.7 Å². The molecule has 0 bridgehead atoms. The molecule has 0 radical (unpaired) electrons. The molecule has 5 nitrogen and oxygen atoms in total. The van der Waals surface area contributed by atoms with Gasteiger partial charge in [0, 0.05) is 10.7 Å². The van der Waals surface area contributed by atoms with Crippen LogP contribution in [0.4, 0.5) is 18.9 Å². The van der Waals surface area contributed by atoms with Crippen LogP contribution in [0.25, 0.3) is 0 Å². The van der Waals surface area contributed by atoms with Crippen molar-refractivity contribution < 1.29 is 27.5 Å². The lowest BCUT2D eigenvalue weighted by atomic mass is 10.1. The Hall–Kier alpha value is -2.74. The number of hydrogen-bond donors (Lipinski definition) is 2. The van der Waals surface area contributed by atoms with Crippen LogP contribution in [0.5, 0.6) is 0 Å². The number of esters is 1. The van der Waals surface area contributed by atoms with Crippen LogP contribution >= 0.6 is 11.6 Å². The number of carbonyl (C=O) groups is 2. The molecule has 2 aromatic rings. The smallest absolute Gasteiger partial charge is 0.441 e. The van der Waals surface area contributed by atoms with Crippen molar-refractivity contribution in [3.63, 3.8) is 0 Å². The number of benzene rings is 2. The Morgan fingerprint density at radius 3 is 2.18 bits per heavy atom. The average molecular weight is 415 g/mol. The van der Waals surface area contributed by atoms with Crippen LogP contribution in [0.3, 0.4) is 0 Å². The van der Waals surface area contributed by atoms with Gasteiger partial charge in [-0.3, -0.25) is 4.79 Å². The Kier molecular flexibility index (Phi) is 6.90. The van der Waals surface area contributed by atoms with Crippen molar-refractivity contribution in [3.05, 3.63) is 65.2 Å². The van der Waals surface area contributed by atoms with Crippen LogP contribution in [0.15, 0.2) is 54.6 Å². The first-order valence-electron chi connectivity index (χ1n) is 8.30. The summed E-state index contributed by atoms with van der Waals surface area (Å²) in [6.07, 6.45) is -5.54. The van der Waals surface area contributed by atoms with Crippen LogP contribution in [-0.2, 0) is 20.7 Å². The number of alkyl halides is 3. The van der Waals surface area contributed by atoms with Gasteiger partial charge in [0.2, 0.25) is 5.91 Å². The molecule has 0 heterocycles.